The molecule has 0 heterocycles. The maximum atomic E-state index is 13.1. The van der Waals surface area contributed by atoms with Crippen LogP contribution in [0, 0.1) is 11.6 Å². The number of hydrogen-bond donors (Lipinski definition) is 2. The normalized spacial score (nSPS) is 10.5. The number of anilines is 2. The third kappa shape index (κ3) is 6.03. The van der Waals surface area contributed by atoms with E-state index in [9.17, 15) is 18.4 Å². The lowest BCUT2D eigenvalue weighted by Gasteiger charge is -2.13. The second-order valence-corrected chi connectivity index (χ2v) is 9.29. The summed E-state index contributed by atoms with van der Waals surface area (Å²) in [6.45, 7) is 0. The van der Waals surface area contributed by atoms with E-state index in [1.807, 2.05) is 36.4 Å². The summed E-state index contributed by atoms with van der Waals surface area (Å²) in [5.74, 6) is -1.50. The van der Waals surface area contributed by atoms with Crippen molar-refractivity contribution in [1.29, 1.82) is 0 Å². The van der Waals surface area contributed by atoms with Gasteiger partial charge in [-0.2, -0.15) is 0 Å². The Morgan fingerprint density at radius 3 is 1.26 bits per heavy atom. The highest BCUT2D eigenvalue weighted by Gasteiger charge is 2.13. The van der Waals surface area contributed by atoms with Crippen molar-refractivity contribution in [3.63, 3.8) is 0 Å². The lowest BCUT2D eigenvalue weighted by Crippen LogP contribution is -2.12. The molecule has 4 aromatic rings. The van der Waals surface area contributed by atoms with E-state index < -0.39 is 11.6 Å². The first kappa shape index (κ1) is 23.5. The van der Waals surface area contributed by atoms with Gasteiger partial charge in [0.1, 0.15) is 11.6 Å². The molecule has 0 atom stereocenters. The van der Waals surface area contributed by atoms with Crippen LogP contribution in [0.4, 0.5) is 20.2 Å². The number of carbonyl (C=O) groups is 2. The Kier molecular flexibility index (Phi) is 7.61. The minimum absolute atomic E-state index is 0.343. The fraction of sp³-hybridized carbons (Fsp3) is 0. The van der Waals surface area contributed by atoms with Crippen LogP contribution in [-0.2, 0) is 0 Å². The topological polar surface area (TPSA) is 58.2 Å². The van der Waals surface area contributed by atoms with Gasteiger partial charge < -0.3 is 10.6 Å². The van der Waals surface area contributed by atoms with Crippen LogP contribution in [0.25, 0.3) is 0 Å². The van der Waals surface area contributed by atoms with E-state index in [-0.39, 0.29) is 11.8 Å². The smallest absolute Gasteiger partial charge is 0.255 e. The molecule has 4 nitrogen and oxygen atoms in total. The van der Waals surface area contributed by atoms with Crippen LogP contribution in [0.3, 0.4) is 0 Å². The minimum Gasteiger partial charge on any atom is -0.321 e. The number of para-hydroxylation sites is 2. The highest BCUT2D eigenvalue weighted by Crippen LogP contribution is 2.43. The average molecular weight is 493 g/mol. The molecule has 0 fully saturated rings. The van der Waals surface area contributed by atoms with Crippen LogP contribution >= 0.6 is 21.6 Å². The summed E-state index contributed by atoms with van der Waals surface area (Å²) < 4.78 is 26.3. The molecule has 0 aliphatic rings. The van der Waals surface area contributed by atoms with E-state index >= 15 is 0 Å². The molecule has 0 bridgehead atoms. The number of rotatable bonds is 7. The SMILES string of the molecule is O=C(Nc1ccccc1SSc1ccccc1NC(=O)c1ccc(F)cc1)c1ccc(F)cc1. The predicted molar refractivity (Wildman–Crippen MR) is 133 cm³/mol. The Balaban J connectivity index is 1.46. The molecule has 170 valence electrons. The summed E-state index contributed by atoms with van der Waals surface area (Å²) in [5, 5.41) is 5.72. The lowest BCUT2D eigenvalue weighted by atomic mass is 10.2. The summed E-state index contributed by atoms with van der Waals surface area (Å²) in [4.78, 5) is 26.7. The van der Waals surface area contributed by atoms with Gasteiger partial charge in [0.05, 0.1) is 11.4 Å². The van der Waals surface area contributed by atoms with Crippen LogP contribution in [0.2, 0.25) is 0 Å². The van der Waals surface area contributed by atoms with Crippen molar-refractivity contribution < 1.29 is 18.4 Å². The van der Waals surface area contributed by atoms with Crippen molar-refractivity contribution in [3.8, 4) is 0 Å². The van der Waals surface area contributed by atoms with E-state index in [2.05, 4.69) is 10.6 Å². The third-order valence-electron chi connectivity index (χ3n) is 4.70. The van der Waals surface area contributed by atoms with Gasteiger partial charge in [-0.3, -0.25) is 9.59 Å². The molecular weight excluding hydrogens is 474 g/mol. The Labute approximate surface area is 203 Å². The van der Waals surface area contributed by atoms with E-state index in [1.54, 1.807) is 12.1 Å². The maximum Gasteiger partial charge on any atom is 0.255 e. The fourth-order valence-electron chi connectivity index (χ4n) is 2.97. The predicted octanol–water partition coefficient (Wildman–Crippen LogP) is 7.27. The summed E-state index contributed by atoms with van der Waals surface area (Å²) in [7, 11) is 2.84. The molecule has 2 N–H and O–H groups in total. The van der Waals surface area contributed by atoms with Gasteiger partial charge in [-0.1, -0.05) is 45.9 Å². The first-order chi connectivity index (χ1) is 16.5. The second-order valence-electron chi connectivity index (χ2n) is 7.08. The number of halogens is 2. The average Bonchev–Trinajstić information content (AvgIpc) is 2.85. The standard InChI is InChI=1S/C26H18F2N2O2S2/c27-19-13-9-17(10-14-19)25(31)29-21-5-1-3-7-23(21)33-34-24-8-4-2-6-22(24)30-26(32)18-11-15-20(28)16-12-18/h1-16H,(H,29,31)(H,30,32). The van der Waals surface area contributed by atoms with E-state index in [1.165, 1.54) is 70.1 Å². The minimum atomic E-state index is -0.408. The summed E-state index contributed by atoms with van der Waals surface area (Å²) >= 11 is 0. The third-order valence-corrected chi connectivity index (χ3v) is 7.19. The van der Waals surface area contributed by atoms with Crippen LogP contribution < -0.4 is 10.6 Å². The van der Waals surface area contributed by atoms with Crippen molar-refractivity contribution in [1.82, 2.24) is 0 Å². The van der Waals surface area contributed by atoms with Gasteiger partial charge in [0.2, 0.25) is 0 Å². The first-order valence-corrected chi connectivity index (χ1v) is 12.3. The van der Waals surface area contributed by atoms with E-state index in [0.29, 0.717) is 22.5 Å². The molecule has 0 spiro atoms. The van der Waals surface area contributed by atoms with Crippen LogP contribution in [0.5, 0.6) is 0 Å². The molecule has 4 rings (SSSR count). The zero-order valence-electron chi connectivity index (χ0n) is 17.6. The zero-order chi connectivity index (χ0) is 23.9. The van der Waals surface area contributed by atoms with Crippen LogP contribution in [-0.4, -0.2) is 11.8 Å². The largest absolute Gasteiger partial charge is 0.321 e. The lowest BCUT2D eigenvalue weighted by molar-refractivity contribution is 0.101. The summed E-state index contributed by atoms with van der Waals surface area (Å²) in [5.41, 5.74) is 1.93. The molecule has 0 radical (unpaired) electrons. The summed E-state index contributed by atoms with van der Waals surface area (Å²) in [6, 6.07) is 25.3. The molecule has 34 heavy (non-hydrogen) atoms. The highest BCUT2D eigenvalue weighted by molar-refractivity contribution is 8.76. The molecule has 8 heteroatoms. The number of amides is 2. The number of nitrogens with one attached hydrogen (secondary N) is 2. The Morgan fingerprint density at radius 1 is 0.529 bits per heavy atom. The quantitative estimate of drug-likeness (QED) is 0.266. The molecule has 0 unspecified atom stereocenters. The van der Waals surface area contributed by atoms with Crippen molar-refractivity contribution in [2.45, 2.75) is 9.79 Å². The molecule has 0 saturated carbocycles. The van der Waals surface area contributed by atoms with Crippen LogP contribution in [0.15, 0.2) is 107 Å². The molecule has 0 aromatic heterocycles. The van der Waals surface area contributed by atoms with Crippen molar-refractivity contribution in [2.75, 3.05) is 10.6 Å². The Morgan fingerprint density at radius 2 is 0.882 bits per heavy atom. The van der Waals surface area contributed by atoms with Gasteiger partial charge in [0.25, 0.3) is 11.8 Å². The van der Waals surface area contributed by atoms with E-state index in [4.69, 9.17) is 0 Å². The number of carbonyl (C=O) groups excluding carboxylic acids is 2. The van der Waals surface area contributed by atoms with Crippen molar-refractivity contribution >= 4 is 44.8 Å². The molecule has 0 aliphatic carbocycles. The fourth-order valence-corrected chi connectivity index (χ4v) is 5.24. The first-order valence-electron chi connectivity index (χ1n) is 10.2. The van der Waals surface area contributed by atoms with E-state index in [0.717, 1.165) is 9.79 Å². The Bertz CT molecular complexity index is 1210. The molecular formula is C26H18F2N2O2S2. The van der Waals surface area contributed by atoms with Crippen molar-refractivity contribution in [3.05, 3.63) is 120 Å². The van der Waals surface area contributed by atoms with Crippen molar-refractivity contribution in [2.24, 2.45) is 0 Å². The molecule has 0 aliphatic heterocycles. The van der Waals surface area contributed by atoms with Gasteiger partial charge in [0.15, 0.2) is 0 Å². The number of benzene rings is 4. The zero-order valence-corrected chi connectivity index (χ0v) is 19.3. The van der Waals surface area contributed by atoms with Gasteiger partial charge in [0, 0.05) is 20.9 Å². The monoisotopic (exact) mass is 492 g/mol. The van der Waals surface area contributed by atoms with Gasteiger partial charge in [-0.15, -0.1) is 0 Å². The molecule has 2 amide bonds. The van der Waals surface area contributed by atoms with Gasteiger partial charge in [-0.05, 0) is 72.8 Å². The highest BCUT2D eigenvalue weighted by atomic mass is 33.1. The maximum absolute atomic E-state index is 13.1. The second kappa shape index (κ2) is 11.0. The summed E-state index contributed by atoms with van der Waals surface area (Å²) in [6.07, 6.45) is 0. The Hall–Kier alpha value is -3.62. The molecule has 0 saturated heterocycles. The number of hydrogen-bond acceptors (Lipinski definition) is 4. The molecule has 4 aromatic carbocycles. The van der Waals surface area contributed by atoms with Gasteiger partial charge >= 0.3 is 0 Å². The van der Waals surface area contributed by atoms with Crippen LogP contribution in [0.1, 0.15) is 20.7 Å². The van der Waals surface area contributed by atoms with Gasteiger partial charge in [-0.25, -0.2) is 8.78 Å².